The standard InChI is InChI=1S/C50H92NO8P/c1-6-8-10-12-14-16-18-20-22-24-25-27-28-30-32-34-36-38-40-42-49(52)56-46-48(47-58-60(54,55)57-45-44-51(3,4)5)59-50(53)43-41-39-37-35-33-31-29-26-23-21-19-17-15-13-11-9-7-2/h14-17,20-23,48H,6-13,18-19,24-47H2,1-5H3/p+1/b16-14+,17-15+,22-20+,23-21+/t48-/m1/s1. The van der Waals surface area contributed by atoms with E-state index in [0.29, 0.717) is 17.4 Å². The molecule has 0 amide bonds. The van der Waals surface area contributed by atoms with Crippen molar-refractivity contribution in [2.24, 2.45) is 0 Å². The Labute approximate surface area is 369 Å². The molecule has 0 spiro atoms. The van der Waals surface area contributed by atoms with Gasteiger partial charge < -0.3 is 18.9 Å². The number of carbonyl (C=O) groups excluding carboxylic acids is 2. The quantitative estimate of drug-likeness (QED) is 0.0212. The minimum atomic E-state index is -4.38. The average Bonchev–Trinajstić information content (AvgIpc) is 3.20. The van der Waals surface area contributed by atoms with Crippen LogP contribution in [0.4, 0.5) is 0 Å². The van der Waals surface area contributed by atoms with Gasteiger partial charge in [0, 0.05) is 12.8 Å². The van der Waals surface area contributed by atoms with Crippen LogP contribution in [-0.4, -0.2) is 74.9 Å². The first kappa shape index (κ1) is 58.0. The molecule has 2 atom stereocenters. The minimum absolute atomic E-state index is 0.0282. The summed E-state index contributed by atoms with van der Waals surface area (Å²) in [5, 5.41) is 0. The molecule has 0 saturated heterocycles. The molecule has 1 N–H and O–H groups in total. The molecule has 0 fully saturated rings. The van der Waals surface area contributed by atoms with Crippen molar-refractivity contribution >= 4 is 19.8 Å². The zero-order valence-corrected chi connectivity index (χ0v) is 40.3. The van der Waals surface area contributed by atoms with Crippen LogP contribution < -0.4 is 0 Å². The third-order valence-electron chi connectivity index (χ3n) is 10.3. The Balaban J connectivity index is 4.30. The molecule has 0 aliphatic heterocycles. The molecule has 0 bridgehead atoms. The van der Waals surface area contributed by atoms with Crippen LogP contribution >= 0.6 is 7.82 Å². The zero-order valence-electron chi connectivity index (χ0n) is 39.4. The van der Waals surface area contributed by atoms with Gasteiger partial charge in [-0.15, -0.1) is 0 Å². The Bertz CT molecular complexity index is 1160. The number of ether oxygens (including phenoxy) is 2. The first-order valence-corrected chi connectivity index (χ1v) is 25.9. The molecule has 350 valence electrons. The second-order valence-electron chi connectivity index (χ2n) is 17.5. The molecule has 0 aliphatic rings. The van der Waals surface area contributed by atoms with Crippen molar-refractivity contribution in [1.82, 2.24) is 0 Å². The maximum absolute atomic E-state index is 12.7. The molecular formula is C50H93NO8P+. The fourth-order valence-corrected chi connectivity index (χ4v) is 7.23. The highest BCUT2D eigenvalue weighted by Crippen LogP contribution is 2.43. The topological polar surface area (TPSA) is 108 Å². The molecule has 0 aromatic carbocycles. The van der Waals surface area contributed by atoms with Crippen molar-refractivity contribution in [3.05, 3.63) is 48.6 Å². The highest BCUT2D eigenvalue weighted by molar-refractivity contribution is 7.47. The van der Waals surface area contributed by atoms with E-state index in [-0.39, 0.29) is 32.0 Å². The summed E-state index contributed by atoms with van der Waals surface area (Å²) in [5.41, 5.74) is 0. The number of phosphoric ester groups is 1. The van der Waals surface area contributed by atoms with Gasteiger partial charge in [0.05, 0.1) is 27.7 Å². The van der Waals surface area contributed by atoms with Gasteiger partial charge in [-0.05, 0) is 77.0 Å². The number of carbonyl (C=O) groups is 2. The van der Waals surface area contributed by atoms with Crippen LogP contribution in [0.1, 0.15) is 206 Å². The molecule has 1 unspecified atom stereocenters. The van der Waals surface area contributed by atoms with Gasteiger partial charge in [0.25, 0.3) is 0 Å². The number of hydrogen-bond donors (Lipinski definition) is 1. The van der Waals surface area contributed by atoms with Crippen molar-refractivity contribution in [2.45, 2.75) is 213 Å². The predicted octanol–water partition coefficient (Wildman–Crippen LogP) is 14.2. The van der Waals surface area contributed by atoms with Gasteiger partial charge in [-0.25, -0.2) is 4.57 Å². The normalized spacial score (nSPS) is 13.9. The maximum atomic E-state index is 12.7. The van der Waals surface area contributed by atoms with Crippen LogP contribution in [0.2, 0.25) is 0 Å². The van der Waals surface area contributed by atoms with Gasteiger partial charge in [-0.3, -0.25) is 18.6 Å². The first-order chi connectivity index (χ1) is 29.0. The molecule has 9 nitrogen and oxygen atoms in total. The first-order valence-electron chi connectivity index (χ1n) is 24.4. The van der Waals surface area contributed by atoms with Gasteiger partial charge in [0.15, 0.2) is 6.10 Å². The Morgan fingerprint density at radius 1 is 0.517 bits per heavy atom. The SMILES string of the molecule is CCCCC/C=C/C/C=C/CCCCCCCCCCCC(=O)OC[C@H](COP(=O)(O)OCC[N+](C)(C)C)OC(=O)CCCCCCCCC/C=C/C/C=C/CCCCC. The van der Waals surface area contributed by atoms with Gasteiger partial charge in [-0.2, -0.15) is 0 Å². The highest BCUT2D eigenvalue weighted by Gasteiger charge is 2.27. The largest absolute Gasteiger partial charge is 0.472 e. The Hall–Kier alpha value is -2.03. The summed E-state index contributed by atoms with van der Waals surface area (Å²) in [7, 11) is 1.47. The van der Waals surface area contributed by atoms with E-state index in [9.17, 15) is 19.0 Å². The van der Waals surface area contributed by atoms with E-state index >= 15 is 0 Å². The van der Waals surface area contributed by atoms with E-state index in [1.807, 2.05) is 21.1 Å². The second kappa shape index (κ2) is 42.3. The van der Waals surface area contributed by atoms with Gasteiger partial charge in [0.2, 0.25) is 0 Å². The molecule has 60 heavy (non-hydrogen) atoms. The highest BCUT2D eigenvalue weighted by atomic mass is 31.2. The summed E-state index contributed by atoms with van der Waals surface area (Å²) in [5.74, 6) is -0.810. The number of unbranched alkanes of at least 4 members (excludes halogenated alkanes) is 22. The van der Waals surface area contributed by atoms with Crippen LogP contribution in [0, 0.1) is 0 Å². The second-order valence-corrected chi connectivity index (χ2v) is 18.9. The third kappa shape index (κ3) is 45.5. The lowest BCUT2D eigenvalue weighted by Crippen LogP contribution is -2.37. The van der Waals surface area contributed by atoms with Gasteiger partial charge in [0.1, 0.15) is 19.8 Å². The maximum Gasteiger partial charge on any atom is 0.472 e. The average molecular weight is 867 g/mol. The number of allylic oxidation sites excluding steroid dienone is 8. The van der Waals surface area contributed by atoms with Crippen LogP contribution in [0.25, 0.3) is 0 Å². The summed E-state index contributed by atoms with van der Waals surface area (Å²) in [6, 6.07) is 0. The molecular weight excluding hydrogens is 774 g/mol. The molecule has 0 aromatic rings. The fraction of sp³-hybridized carbons (Fsp3) is 0.800. The summed E-state index contributed by atoms with van der Waals surface area (Å²) in [6.07, 6.45) is 50.1. The smallest absolute Gasteiger partial charge is 0.462 e. The Kier molecular flexibility index (Phi) is 40.8. The number of nitrogens with zero attached hydrogens (tertiary/aromatic N) is 1. The number of rotatable bonds is 44. The summed E-state index contributed by atoms with van der Waals surface area (Å²) < 4.78 is 34.4. The van der Waals surface area contributed by atoms with E-state index in [2.05, 4.69) is 62.5 Å². The Morgan fingerprint density at radius 2 is 0.900 bits per heavy atom. The number of esters is 2. The monoisotopic (exact) mass is 867 g/mol. The summed E-state index contributed by atoms with van der Waals surface area (Å²) >= 11 is 0. The molecule has 0 aliphatic carbocycles. The van der Waals surface area contributed by atoms with Crippen molar-refractivity contribution < 1.29 is 42.1 Å². The summed E-state index contributed by atoms with van der Waals surface area (Å²) in [4.78, 5) is 35.5. The van der Waals surface area contributed by atoms with E-state index in [4.69, 9.17) is 18.5 Å². The third-order valence-corrected chi connectivity index (χ3v) is 11.3. The number of phosphoric acid groups is 1. The van der Waals surface area contributed by atoms with Crippen molar-refractivity contribution in [2.75, 3.05) is 47.5 Å². The zero-order chi connectivity index (χ0) is 44.3. The number of hydrogen-bond acceptors (Lipinski definition) is 7. The lowest BCUT2D eigenvalue weighted by atomic mass is 10.1. The van der Waals surface area contributed by atoms with Gasteiger partial charge >= 0.3 is 19.8 Å². The van der Waals surface area contributed by atoms with Crippen LogP contribution in [0.15, 0.2) is 48.6 Å². The number of likely N-dealkylation sites (N-methyl/N-ethyl adjacent to an activating group) is 1. The fourth-order valence-electron chi connectivity index (χ4n) is 6.49. The lowest BCUT2D eigenvalue weighted by molar-refractivity contribution is -0.870. The van der Waals surface area contributed by atoms with E-state index < -0.39 is 26.5 Å². The molecule has 0 heterocycles. The Morgan fingerprint density at radius 3 is 1.32 bits per heavy atom. The molecule has 0 aromatic heterocycles. The molecule has 0 rings (SSSR count). The van der Waals surface area contributed by atoms with Crippen LogP contribution in [0.5, 0.6) is 0 Å². The van der Waals surface area contributed by atoms with Crippen molar-refractivity contribution in [3.63, 3.8) is 0 Å². The predicted molar refractivity (Wildman–Crippen MR) is 252 cm³/mol. The molecule has 0 saturated carbocycles. The van der Waals surface area contributed by atoms with E-state index in [1.54, 1.807) is 0 Å². The van der Waals surface area contributed by atoms with Crippen LogP contribution in [-0.2, 0) is 32.7 Å². The van der Waals surface area contributed by atoms with Gasteiger partial charge in [-0.1, -0.05) is 165 Å². The number of quaternary nitrogens is 1. The van der Waals surface area contributed by atoms with Crippen LogP contribution in [0.3, 0.4) is 0 Å². The molecule has 0 radical (unpaired) electrons. The van der Waals surface area contributed by atoms with E-state index in [0.717, 1.165) is 57.8 Å². The molecule has 10 heteroatoms. The van der Waals surface area contributed by atoms with E-state index in [1.165, 1.54) is 116 Å². The van der Waals surface area contributed by atoms with Crippen molar-refractivity contribution in [3.8, 4) is 0 Å². The summed E-state index contributed by atoms with van der Waals surface area (Å²) in [6.45, 7) is 4.37. The minimum Gasteiger partial charge on any atom is -0.462 e. The van der Waals surface area contributed by atoms with Crippen molar-refractivity contribution in [1.29, 1.82) is 0 Å². The lowest BCUT2D eigenvalue weighted by Gasteiger charge is -2.24.